The van der Waals surface area contributed by atoms with Crippen LogP contribution in [0.15, 0.2) is 67.3 Å². The number of benzene rings is 2. The predicted octanol–water partition coefficient (Wildman–Crippen LogP) is 5.63. The molecule has 2 fully saturated rings. The van der Waals surface area contributed by atoms with Gasteiger partial charge in [-0.1, -0.05) is 81.4 Å². The smallest absolute Gasteiger partial charge is 0.347 e. The Bertz CT molecular complexity index is 1890. The minimum absolute atomic E-state index is 0.0176. The molecule has 61 heavy (non-hydrogen) atoms. The largest absolute Gasteiger partial charge is 0.495 e. The summed E-state index contributed by atoms with van der Waals surface area (Å²) in [5.74, 6) is -1.58. The average molecular weight is 863 g/mol. The number of methoxy groups -OCH3 is 1. The normalized spacial score (nSPS) is 25.3. The Morgan fingerprint density at radius 2 is 1.69 bits per heavy atom. The van der Waals surface area contributed by atoms with Crippen molar-refractivity contribution in [1.82, 2.24) is 20.4 Å². The zero-order valence-electron chi connectivity index (χ0n) is 36.5. The fraction of sp³-hybridized carbons (Fsp3) is 0.553. The lowest BCUT2D eigenvalue weighted by Gasteiger charge is -2.34. The van der Waals surface area contributed by atoms with Crippen molar-refractivity contribution < 1.29 is 42.9 Å². The van der Waals surface area contributed by atoms with Gasteiger partial charge in [0.15, 0.2) is 6.10 Å². The predicted molar refractivity (Wildman–Crippen MR) is 233 cm³/mol. The molecule has 1 saturated carbocycles. The minimum Gasteiger partial charge on any atom is -0.495 e. The van der Waals surface area contributed by atoms with Gasteiger partial charge in [-0.2, -0.15) is 0 Å². The topological polar surface area (TPSA) is 153 Å². The molecule has 0 spiro atoms. The molecule has 6 atom stereocenters. The molecule has 13 nitrogen and oxygen atoms in total. The molecule has 2 aliphatic heterocycles. The molecule has 332 valence electrons. The monoisotopic (exact) mass is 862 g/mol. The molecule has 1 aliphatic carbocycles. The molecule has 5 rings (SSSR count). The second kappa shape index (κ2) is 21.9. The van der Waals surface area contributed by atoms with E-state index in [0.717, 1.165) is 39.1 Å². The van der Waals surface area contributed by atoms with Crippen molar-refractivity contribution in [2.45, 2.75) is 91.0 Å². The second-order valence-corrected chi connectivity index (χ2v) is 18.0. The first-order valence-corrected chi connectivity index (χ1v) is 21.7. The van der Waals surface area contributed by atoms with Crippen LogP contribution >= 0.6 is 11.6 Å². The van der Waals surface area contributed by atoms with E-state index < -0.39 is 47.4 Å². The van der Waals surface area contributed by atoms with Crippen LogP contribution in [0, 0.1) is 23.2 Å². The van der Waals surface area contributed by atoms with Crippen LogP contribution in [-0.4, -0.2) is 111 Å². The minimum atomic E-state index is -1.21. The Morgan fingerprint density at radius 1 is 1.00 bits per heavy atom. The van der Waals surface area contributed by atoms with Crippen molar-refractivity contribution in [2.75, 3.05) is 53.0 Å². The maximum absolute atomic E-state index is 13.9. The number of nitrogens with zero attached hydrogens (tertiary/aromatic N) is 2. The number of halogens is 1. The SMILES string of the molecule is C=CCOC(=O)CN1CCN(Cc2ccc(C3C[C@@H]3[C@@H](C)[C@@H]3C/C=C/C(=O)N[C@H](Cc4ccc(OC)c(Cl)c4)C(=O)NCC(C)(C)C(=O)O[C@@H](CC(C)C)C(=O)O3)cc2)CC1. The van der Waals surface area contributed by atoms with Crippen molar-refractivity contribution in [3.8, 4) is 5.75 Å². The molecule has 3 aliphatic rings. The molecule has 2 aromatic rings. The number of piperazine rings is 1. The Hall–Kier alpha value is -4.72. The second-order valence-electron chi connectivity index (χ2n) is 17.6. The van der Waals surface area contributed by atoms with Gasteiger partial charge in [0.1, 0.15) is 24.5 Å². The summed E-state index contributed by atoms with van der Waals surface area (Å²) in [5, 5.41) is 5.98. The van der Waals surface area contributed by atoms with Crippen molar-refractivity contribution >= 4 is 41.3 Å². The Kier molecular flexibility index (Phi) is 17.0. The van der Waals surface area contributed by atoms with Gasteiger partial charge in [-0.3, -0.25) is 29.0 Å². The fourth-order valence-corrected chi connectivity index (χ4v) is 8.17. The molecule has 2 aromatic carbocycles. The Morgan fingerprint density at radius 3 is 2.34 bits per heavy atom. The van der Waals surface area contributed by atoms with Gasteiger partial charge < -0.3 is 29.6 Å². The van der Waals surface area contributed by atoms with Crippen LogP contribution in [-0.2, 0) is 51.1 Å². The Labute approximate surface area is 365 Å². The number of cyclic esters (lactones) is 2. The van der Waals surface area contributed by atoms with Gasteiger partial charge in [-0.25, -0.2) is 4.79 Å². The molecule has 1 unspecified atom stereocenters. The number of hydrogen-bond donors (Lipinski definition) is 2. The van der Waals surface area contributed by atoms with Gasteiger partial charge in [0, 0.05) is 52.1 Å². The number of ether oxygens (including phenoxy) is 4. The van der Waals surface area contributed by atoms with E-state index in [9.17, 15) is 24.0 Å². The summed E-state index contributed by atoms with van der Waals surface area (Å²) < 4.78 is 22.5. The van der Waals surface area contributed by atoms with E-state index in [1.165, 1.54) is 24.3 Å². The first kappa shape index (κ1) is 47.3. The highest BCUT2D eigenvalue weighted by Gasteiger charge is 2.46. The number of rotatable bonds is 14. The van der Waals surface area contributed by atoms with Crippen LogP contribution in [0.25, 0.3) is 0 Å². The number of amides is 2. The molecule has 2 amide bonds. The van der Waals surface area contributed by atoms with Gasteiger partial charge in [-0.05, 0) is 85.3 Å². The van der Waals surface area contributed by atoms with Gasteiger partial charge in [0.05, 0.1) is 24.1 Å². The third-order valence-corrected chi connectivity index (χ3v) is 12.0. The maximum atomic E-state index is 13.9. The summed E-state index contributed by atoms with van der Waals surface area (Å²) in [5.41, 5.74) is 1.92. The zero-order chi connectivity index (χ0) is 44.3. The Balaban J connectivity index is 1.27. The summed E-state index contributed by atoms with van der Waals surface area (Å²) in [6.45, 7) is 17.3. The highest BCUT2D eigenvalue weighted by molar-refractivity contribution is 6.32. The third kappa shape index (κ3) is 13.9. The molecule has 0 bridgehead atoms. The fourth-order valence-electron chi connectivity index (χ4n) is 7.89. The molecular weight excluding hydrogens is 800 g/mol. The van der Waals surface area contributed by atoms with E-state index in [-0.39, 0.29) is 68.6 Å². The first-order chi connectivity index (χ1) is 29.1. The quantitative estimate of drug-likeness (QED) is 0.138. The number of hydrogen-bond acceptors (Lipinski definition) is 11. The third-order valence-electron chi connectivity index (χ3n) is 11.7. The van der Waals surface area contributed by atoms with E-state index >= 15 is 0 Å². The molecule has 1 saturated heterocycles. The average Bonchev–Trinajstić information content (AvgIpc) is 4.03. The summed E-state index contributed by atoms with van der Waals surface area (Å²) in [6, 6.07) is 12.9. The summed E-state index contributed by atoms with van der Waals surface area (Å²) in [4.78, 5) is 71.0. The highest BCUT2D eigenvalue weighted by Crippen LogP contribution is 2.53. The summed E-state index contributed by atoms with van der Waals surface area (Å²) in [7, 11) is 1.51. The highest BCUT2D eigenvalue weighted by atomic mass is 35.5. The molecule has 14 heteroatoms. The van der Waals surface area contributed by atoms with E-state index in [1.54, 1.807) is 44.2 Å². The lowest BCUT2D eigenvalue weighted by molar-refractivity contribution is -0.179. The van der Waals surface area contributed by atoms with Crippen LogP contribution in [0.1, 0.15) is 76.5 Å². The number of carbonyl (C=O) groups excluding carboxylic acids is 5. The van der Waals surface area contributed by atoms with Gasteiger partial charge in [-0.15, -0.1) is 0 Å². The van der Waals surface area contributed by atoms with Gasteiger partial charge >= 0.3 is 17.9 Å². The lowest BCUT2D eigenvalue weighted by atomic mass is 9.92. The zero-order valence-corrected chi connectivity index (χ0v) is 37.2. The maximum Gasteiger partial charge on any atom is 0.347 e. The van der Waals surface area contributed by atoms with Gasteiger partial charge in [0.2, 0.25) is 11.8 Å². The molecule has 0 aromatic heterocycles. The lowest BCUT2D eigenvalue weighted by Crippen LogP contribution is -2.51. The van der Waals surface area contributed by atoms with Gasteiger partial charge in [0.25, 0.3) is 0 Å². The molecular formula is C47H63ClN4O9. The van der Waals surface area contributed by atoms with Crippen molar-refractivity contribution in [1.29, 1.82) is 0 Å². The first-order valence-electron chi connectivity index (χ1n) is 21.4. The van der Waals surface area contributed by atoms with Crippen molar-refractivity contribution in [3.63, 3.8) is 0 Å². The summed E-state index contributed by atoms with van der Waals surface area (Å²) in [6.07, 6.45) is 4.41. The number of carbonyl (C=O) groups is 5. The van der Waals surface area contributed by atoms with Crippen molar-refractivity contribution in [3.05, 3.63) is 89.0 Å². The van der Waals surface area contributed by atoms with Crippen LogP contribution in [0.2, 0.25) is 5.02 Å². The van der Waals surface area contributed by atoms with E-state index in [4.69, 9.17) is 30.5 Å². The van der Waals surface area contributed by atoms with E-state index in [2.05, 4.69) is 58.2 Å². The van der Waals surface area contributed by atoms with E-state index in [1.807, 2.05) is 13.8 Å². The standard InChI is InChI=1S/C47H63ClN4O9/c1-8-22-59-43(54)28-52-20-18-51(19-21-52)27-32-12-15-34(16-13-32)36-26-35(36)31(4)39-10-9-11-42(53)50-38(25-33-14-17-40(58-7)37(48)24-33)44(55)49-29-47(5,6)46(57)61-41(23-30(2)3)45(56)60-39/h8-9,11-17,24,30-31,35-36,38-39,41H,1,10,18-23,25-29H2,2-7H3,(H,49,55)(H,50,53)/b11-9+/t31-,35-,36?,38-,39+,41+/m1/s1. The van der Waals surface area contributed by atoms with Crippen LogP contribution in [0.5, 0.6) is 5.75 Å². The van der Waals surface area contributed by atoms with Crippen molar-refractivity contribution in [2.24, 2.45) is 23.2 Å². The number of esters is 3. The van der Waals surface area contributed by atoms with Crippen LogP contribution in [0.3, 0.4) is 0 Å². The molecule has 2 heterocycles. The van der Waals surface area contributed by atoms with E-state index in [0.29, 0.717) is 16.3 Å². The van der Waals surface area contributed by atoms with Crippen LogP contribution < -0.4 is 15.4 Å². The number of nitrogens with one attached hydrogen (secondary N) is 2. The molecule has 0 radical (unpaired) electrons. The summed E-state index contributed by atoms with van der Waals surface area (Å²) >= 11 is 6.37. The van der Waals surface area contributed by atoms with Crippen LogP contribution in [0.4, 0.5) is 0 Å². The molecule has 2 N–H and O–H groups in total.